The van der Waals surface area contributed by atoms with Gasteiger partial charge in [0.2, 0.25) is 10.9 Å². The van der Waals surface area contributed by atoms with E-state index >= 15 is 0 Å². The molecule has 82 valence electrons. The minimum atomic E-state index is -0.633. The summed E-state index contributed by atoms with van der Waals surface area (Å²) in [5.74, 6) is -0.0486. The van der Waals surface area contributed by atoms with Crippen LogP contribution in [0.2, 0.25) is 0 Å². The lowest BCUT2D eigenvalue weighted by atomic mass is 10.0. The molecule has 0 radical (unpaired) electrons. The summed E-state index contributed by atoms with van der Waals surface area (Å²) in [7, 11) is 0. The van der Waals surface area contributed by atoms with Crippen LogP contribution in [0.15, 0.2) is 21.7 Å². The first-order chi connectivity index (χ1) is 7.45. The maximum atomic E-state index is 11.6. The highest BCUT2D eigenvalue weighted by Crippen LogP contribution is 1.90. The Labute approximate surface area is 89.7 Å². The molecule has 0 saturated carbocycles. The molecule has 2 N–H and O–H groups in total. The zero-order chi connectivity index (χ0) is 12.0. The minimum absolute atomic E-state index is 0.0222. The number of aliphatic hydroxyl groups excluding tert-OH is 2. The lowest BCUT2D eigenvalue weighted by molar-refractivity contribution is 0.488. The highest BCUT2D eigenvalue weighted by atomic mass is 16.3. The summed E-state index contributed by atoms with van der Waals surface area (Å²) < 4.78 is 0. The van der Waals surface area contributed by atoms with Crippen molar-refractivity contribution >= 4 is 11.5 Å². The van der Waals surface area contributed by atoms with Gasteiger partial charge in [0.1, 0.15) is 0 Å². The van der Waals surface area contributed by atoms with Crippen LogP contribution < -0.4 is 21.3 Å². The van der Waals surface area contributed by atoms with Crippen molar-refractivity contribution in [2.45, 2.75) is 13.8 Å². The average molecular weight is 218 g/mol. The monoisotopic (exact) mass is 218 g/mol. The van der Waals surface area contributed by atoms with E-state index in [1.807, 2.05) is 0 Å². The minimum Gasteiger partial charge on any atom is -0.512 e. The van der Waals surface area contributed by atoms with Gasteiger partial charge in [-0.05, 0) is 31.2 Å². The standard InChI is InChI=1S/C12H10O4/c1-5(13)9-7-3-4-8(15)12(16)11(7)10(9)6(2)14/h3-4,13-14H,1-2H3. The van der Waals surface area contributed by atoms with Gasteiger partial charge in [0.15, 0.2) is 0 Å². The molecule has 0 aromatic carbocycles. The first-order valence-corrected chi connectivity index (χ1v) is 4.77. The van der Waals surface area contributed by atoms with Crippen molar-refractivity contribution in [3.63, 3.8) is 0 Å². The fourth-order valence-corrected chi connectivity index (χ4v) is 1.95. The molecule has 0 spiro atoms. The Kier molecular flexibility index (Phi) is 2.08. The Morgan fingerprint density at radius 3 is 2.06 bits per heavy atom. The van der Waals surface area contributed by atoms with Gasteiger partial charge in [-0.25, -0.2) is 0 Å². The number of hydrogen-bond acceptors (Lipinski definition) is 4. The number of rotatable bonds is 0. The topological polar surface area (TPSA) is 74.6 Å². The Hall–Kier alpha value is -2.10. The SMILES string of the molecule is CC(O)=c1c2ccc(=O)c(=O)c=2c1=C(C)O. The lowest BCUT2D eigenvalue weighted by Crippen LogP contribution is -2.45. The molecule has 0 amide bonds. The van der Waals surface area contributed by atoms with Gasteiger partial charge >= 0.3 is 0 Å². The molecular formula is C12H10O4. The Bertz CT molecular complexity index is 812. The Morgan fingerprint density at radius 2 is 1.56 bits per heavy atom. The van der Waals surface area contributed by atoms with Crippen molar-refractivity contribution in [2.75, 3.05) is 0 Å². The van der Waals surface area contributed by atoms with E-state index in [-0.39, 0.29) is 22.0 Å². The maximum Gasteiger partial charge on any atom is 0.234 e. The highest BCUT2D eigenvalue weighted by molar-refractivity contribution is 5.45. The summed E-state index contributed by atoms with van der Waals surface area (Å²) in [6.07, 6.45) is 0. The van der Waals surface area contributed by atoms with Gasteiger partial charge < -0.3 is 10.2 Å². The van der Waals surface area contributed by atoms with E-state index < -0.39 is 10.9 Å². The number of aliphatic hydroxyl groups is 2. The van der Waals surface area contributed by atoms with Crippen molar-refractivity contribution in [3.8, 4) is 0 Å². The predicted molar refractivity (Wildman–Crippen MR) is 59.3 cm³/mol. The van der Waals surface area contributed by atoms with E-state index in [9.17, 15) is 19.8 Å². The van der Waals surface area contributed by atoms with Gasteiger partial charge in [-0.1, -0.05) is 0 Å². The van der Waals surface area contributed by atoms with Crippen molar-refractivity contribution < 1.29 is 10.2 Å². The Balaban J connectivity index is 3.36. The molecule has 0 unspecified atom stereocenters. The highest BCUT2D eigenvalue weighted by Gasteiger charge is 2.11. The molecule has 2 aliphatic carbocycles. The maximum absolute atomic E-state index is 11.6. The molecule has 16 heavy (non-hydrogen) atoms. The first kappa shape index (κ1) is 10.4. The summed E-state index contributed by atoms with van der Waals surface area (Å²) in [6, 6.07) is 2.66. The molecule has 2 rings (SSSR count). The fraction of sp³-hybridized carbons (Fsp3) is 0.167. The quantitative estimate of drug-likeness (QED) is 0.578. The summed E-state index contributed by atoms with van der Waals surface area (Å²) >= 11 is 0. The van der Waals surface area contributed by atoms with Gasteiger partial charge in [0.25, 0.3) is 0 Å². The lowest BCUT2D eigenvalue weighted by Gasteiger charge is -2.04. The van der Waals surface area contributed by atoms with Crippen LogP contribution in [-0.2, 0) is 0 Å². The zero-order valence-electron chi connectivity index (χ0n) is 8.87. The third-order valence-electron chi connectivity index (χ3n) is 2.61. The first-order valence-electron chi connectivity index (χ1n) is 4.77. The molecule has 4 heteroatoms. The molecule has 0 fully saturated rings. The van der Waals surface area contributed by atoms with Gasteiger partial charge in [0, 0.05) is 15.7 Å². The second kappa shape index (κ2) is 3.20. The zero-order valence-corrected chi connectivity index (χ0v) is 8.87. The van der Waals surface area contributed by atoms with E-state index in [2.05, 4.69) is 0 Å². The van der Waals surface area contributed by atoms with Crippen LogP contribution >= 0.6 is 0 Å². The molecule has 4 nitrogen and oxygen atoms in total. The predicted octanol–water partition coefficient (Wildman–Crippen LogP) is -0.620. The molecule has 0 aliphatic heterocycles. The van der Waals surface area contributed by atoms with Crippen LogP contribution in [-0.4, -0.2) is 10.2 Å². The van der Waals surface area contributed by atoms with E-state index in [0.29, 0.717) is 10.4 Å². The van der Waals surface area contributed by atoms with E-state index in [1.54, 1.807) is 0 Å². The summed E-state index contributed by atoms with van der Waals surface area (Å²) in [4.78, 5) is 22.7. The van der Waals surface area contributed by atoms with Gasteiger partial charge in [-0.3, -0.25) is 9.59 Å². The van der Waals surface area contributed by atoms with Crippen molar-refractivity contribution in [1.82, 2.24) is 0 Å². The van der Waals surface area contributed by atoms with Gasteiger partial charge in [0.05, 0.1) is 11.5 Å². The average Bonchev–Trinajstić information content (AvgIpc) is 2.12. The summed E-state index contributed by atoms with van der Waals surface area (Å²) in [5, 5.41) is 20.3. The molecule has 0 aromatic heterocycles. The third kappa shape index (κ3) is 1.16. The Morgan fingerprint density at radius 1 is 1.00 bits per heavy atom. The summed E-state index contributed by atoms with van der Waals surface area (Å²) in [5.41, 5.74) is -1.24. The van der Waals surface area contributed by atoms with Crippen LogP contribution in [0.25, 0.3) is 11.5 Å². The molecular weight excluding hydrogens is 208 g/mol. The van der Waals surface area contributed by atoms with Crippen LogP contribution in [0, 0.1) is 10.4 Å². The molecule has 0 atom stereocenters. The molecule has 0 aromatic rings. The van der Waals surface area contributed by atoms with E-state index in [1.165, 1.54) is 26.0 Å². The van der Waals surface area contributed by atoms with Crippen molar-refractivity contribution in [3.05, 3.63) is 53.5 Å². The molecule has 0 bridgehead atoms. The second-order valence-corrected chi connectivity index (χ2v) is 3.74. The van der Waals surface area contributed by atoms with E-state index in [4.69, 9.17) is 0 Å². The van der Waals surface area contributed by atoms with Crippen LogP contribution in [0.1, 0.15) is 13.8 Å². The third-order valence-corrected chi connectivity index (χ3v) is 2.61. The molecule has 0 saturated heterocycles. The largest absolute Gasteiger partial charge is 0.512 e. The normalized spacial score (nSPS) is 15.4. The number of hydrogen-bond donors (Lipinski definition) is 2. The summed E-state index contributed by atoms with van der Waals surface area (Å²) in [6.45, 7) is 2.88. The molecule has 2 aliphatic rings. The smallest absolute Gasteiger partial charge is 0.234 e. The second-order valence-electron chi connectivity index (χ2n) is 3.74. The van der Waals surface area contributed by atoms with Gasteiger partial charge in [-0.15, -0.1) is 0 Å². The molecule has 0 heterocycles. The van der Waals surface area contributed by atoms with Crippen LogP contribution in [0.5, 0.6) is 0 Å². The van der Waals surface area contributed by atoms with E-state index in [0.717, 1.165) is 0 Å². The van der Waals surface area contributed by atoms with Crippen molar-refractivity contribution in [1.29, 1.82) is 0 Å². The fourth-order valence-electron chi connectivity index (χ4n) is 1.95. The van der Waals surface area contributed by atoms with Gasteiger partial charge in [-0.2, -0.15) is 0 Å². The van der Waals surface area contributed by atoms with Crippen molar-refractivity contribution in [2.24, 2.45) is 0 Å². The van der Waals surface area contributed by atoms with Crippen LogP contribution in [0.4, 0.5) is 0 Å². The van der Waals surface area contributed by atoms with Crippen LogP contribution in [0.3, 0.4) is 0 Å².